The number of methoxy groups -OCH3 is 1. The Bertz CT molecular complexity index is 165. The number of hydrogen-bond donors (Lipinski definition) is 0. The first-order valence-corrected chi connectivity index (χ1v) is 4.06. The van der Waals surface area contributed by atoms with Gasteiger partial charge in [-0.25, -0.2) is 0 Å². The van der Waals surface area contributed by atoms with E-state index in [1.165, 1.54) is 0 Å². The molecule has 0 atom stereocenters. The lowest BCUT2D eigenvalue weighted by Gasteiger charge is -2.43. The molecular formula is C9H15NO. The summed E-state index contributed by atoms with van der Waals surface area (Å²) in [4.78, 5) is 0. The van der Waals surface area contributed by atoms with Crippen LogP contribution in [0.3, 0.4) is 0 Å². The predicted molar refractivity (Wildman–Crippen MR) is 42.9 cm³/mol. The minimum Gasteiger partial charge on any atom is -0.384 e. The van der Waals surface area contributed by atoms with Gasteiger partial charge in [-0.05, 0) is 24.2 Å². The lowest BCUT2D eigenvalue weighted by atomic mass is 9.62. The molecule has 0 aromatic heterocycles. The summed E-state index contributed by atoms with van der Waals surface area (Å²) >= 11 is 0. The Kier molecular flexibility index (Phi) is 2.51. The van der Waals surface area contributed by atoms with Gasteiger partial charge in [0.15, 0.2) is 0 Å². The van der Waals surface area contributed by atoms with Crippen molar-refractivity contribution in [2.45, 2.75) is 26.2 Å². The summed E-state index contributed by atoms with van der Waals surface area (Å²) in [5.41, 5.74) is 0.304. The monoisotopic (exact) mass is 153 g/mol. The van der Waals surface area contributed by atoms with Crippen LogP contribution in [0.5, 0.6) is 0 Å². The Balaban J connectivity index is 2.22. The van der Waals surface area contributed by atoms with Crippen molar-refractivity contribution in [3.05, 3.63) is 0 Å². The summed E-state index contributed by atoms with van der Waals surface area (Å²) < 4.78 is 5.03. The number of nitriles is 1. The highest BCUT2D eigenvalue weighted by Gasteiger charge is 2.39. The van der Waals surface area contributed by atoms with Crippen molar-refractivity contribution in [3.8, 4) is 6.07 Å². The first kappa shape index (κ1) is 8.55. The summed E-state index contributed by atoms with van der Waals surface area (Å²) in [6.07, 6.45) is 3.02. The highest BCUT2D eigenvalue weighted by molar-refractivity contribution is 4.95. The zero-order chi connectivity index (χ0) is 8.32. The molecule has 0 aliphatic heterocycles. The highest BCUT2D eigenvalue weighted by atomic mass is 16.5. The second kappa shape index (κ2) is 3.23. The standard InChI is InChI=1S/C9H15NO/c1-9(3-4-10)5-8(6-9)7-11-2/h8H,3,5-7H2,1-2H3. The quantitative estimate of drug-likeness (QED) is 0.621. The van der Waals surface area contributed by atoms with Crippen LogP contribution < -0.4 is 0 Å². The highest BCUT2D eigenvalue weighted by Crippen LogP contribution is 2.47. The minimum absolute atomic E-state index is 0.304. The predicted octanol–water partition coefficient (Wildman–Crippen LogP) is 1.96. The van der Waals surface area contributed by atoms with E-state index in [1.54, 1.807) is 7.11 Å². The molecule has 0 amide bonds. The maximum absolute atomic E-state index is 8.50. The normalized spacial score (nSPS) is 35.9. The van der Waals surface area contributed by atoms with Crippen LogP contribution >= 0.6 is 0 Å². The third-order valence-electron chi connectivity index (χ3n) is 2.47. The molecule has 2 nitrogen and oxygen atoms in total. The fourth-order valence-electron chi connectivity index (χ4n) is 2.02. The minimum atomic E-state index is 0.304. The van der Waals surface area contributed by atoms with Crippen LogP contribution in [0.25, 0.3) is 0 Å². The molecule has 0 radical (unpaired) electrons. The molecule has 2 heteroatoms. The van der Waals surface area contributed by atoms with Gasteiger partial charge in [0, 0.05) is 20.1 Å². The van der Waals surface area contributed by atoms with Crippen LogP contribution in [0.1, 0.15) is 26.2 Å². The SMILES string of the molecule is COCC1CC(C)(CC#N)C1. The first-order valence-electron chi connectivity index (χ1n) is 4.06. The third-order valence-corrected chi connectivity index (χ3v) is 2.47. The van der Waals surface area contributed by atoms with Gasteiger partial charge in [0.2, 0.25) is 0 Å². The first-order chi connectivity index (χ1) is 5.20. The Labute approximate surface area is 68.2 Å². The van der Waals surface area contributed by atoms with E-state index in [4.69, 9.17) is 10.00 Å². The fraction of sp³-hybridized carbons (Fsp3) is 0.889. The Morgan fingerprint density at radius 3 is 2.73 bits per heavy atom. The van der Waals surface area contributed by atoms with Crippen LogP contribution in [0, 0.1) is 22.7 Å². The van der Waals surface area contributed by atoms with Crippen molar-refractivity contribution in [2.24, 2.45) is 11.3 Å². The topological polar surface area (TPSA) is 33.0 Å². The van der Waals surface area contributed by atoms with Gasteiger partial charge in [0.1, 0.15) is 0 Å². The van der Waals surface area contributed by atoms with E-state index in [-0.39, 0.29) is 0 Å². The van der Waals surface area contributed by atoms with Crippen LogP contribution in [0.4, 0.5) is 0 Å². The van der Waals surface area contributed by atoms with Gasteiger partial charge in [0.25, 0.3) is 0 Å². The molecule has 1 fully saturated rings. The average molecular weight is 153 g/mol. The molecule has 1 rings (SSSR count). The summed E-state index contributed by atoms with van der Waals surface area (Å²) in [5.74, 6) is 0.707. The zero-order valence-corrected chi connectivity index (χ0v) is 7.26. The molecule has 11 heavy (non-hydrogen) atoms. The van der Waals surface area contributed by atoms with E-state index in [9.17, 15) is 0 Å². The number of rotatable bonds is 3. The number of ether oxygens (including phenoxy) is 1. The average Bonchev–Trinajstić information content (AvgIpc) is 1.85. The Morgan fingerprint density at radius 1 is 1.64 bits per heavy atom. The Morgan fingerprint density at radius 2 is 2.27 bits per heavy atom. The molecule has 0 bridgehead atoms. The van der Waals surface area contributed by atoms with Crippen LogP contribution in [-0.4, -0.2) is 13.7 Å². The molecule has 0 aromatic carbocycles. The molecule has 0 heterocycles. The van der Waals surface area contributed by atoms with Crippen LogP contribution in [-0.2, 0) is 4.74 Å². The van der Waals surface area contributed by atoms with Gasteiger partial charge in [-0.1, -0.05) is 6.92 Å². The van der Waals surface area contributed by atoms with E-state index in [0.29, 0.717) is 17.8 Å². The lowest BCUT2D eigenvalue weighted by molar-refractivity contribution is 0.0174. The van der Waals surface area contributed by atoms with Crippen molar-refractivity contribution < 1.29 is 4.74 Å². The number of hydrogen-bond acceptors (Lipinski definition) is 2. The van der Waals surface area contributed by atoms with E-state index in [0.717, 1.165) is 19.4 Å². The summed E-state index contributed by atoms with van der Waals surface area (Å²) in [6.45, 7) is 3.05. The van der Waals surface area contributed by atoms with E-state index < -0.39 is 0 Å². The van der Waals surface area contributed by atoms with E-state index in [1.807, 2.05) is 0 Å². The molecule has 0 saturated heterocycles. The largest absolute Gasteiger partial charge is 0.384 e. The van der Waals surface area contributed by atoms with Gasteiger partial charge in [-0.2, -0.15) is 5.26 Å². The lowest BCUT2D eigenvalue weighted by Crippen LogP contribution is -2.36. The summed E-state index contributed by atoms with van der Waals surface area (Å²) in [6, 6.07) is 2.23. The van der Waals surface area contributed by atoms with Gasteiger partial charge in [0.05, 0.1) is 6.07 Å². The number of nitrogens with zero attached hydrogens (tertiary/aromatic N) is 1. The molecule has 1 aliphatic carbocycles. The smallest absolute Gasteiger partial charge is 0.0627 e. The molecule has 1 aliphatic rings. The van der Waals surface area contributed by atoms with Crippen LogP contribution in [0.2, 0.25) is 0 Å². The van der Waals surface area contributed by atoms with Crippen molar-refractivity contribution >= 4 is 0 Å². The third kappa shape index (κ3) is 1.94. The zero-order valence-electron chi connectivity index (χ0n) is 7.26. The molecule has 0 N–H and O–H groups in total. The van der Waals surface area contributed by atoms with Gasteiger partial charge in [-0.3, -0.25) is 0 Å². The molecular weight excluding hydrogens is 138 g/mol. The fourth-order valence-corrected chi connectivity index (χ4v) is 2.02. The van der Waals surface area contributed by atoms with Crippen LogP contribution in [0.15, 0.2) is 0 Å². The molecule has 0 spiro atoms. The molecule has 0 aromatic rings. The van der Waals surface area contributed by atoms with Crippen molar-refractivity contribution in [2.75, 3.05) is 13.7 Å². The Hall–Kier alpha value is -0.550. The summed E-state index contributed by atoms with van der Waals surface area (Å²) in [7, 11) is 1.74. The second-order valence-corrected chi connectivity index (χ2v) is 3.88. The molecule has 1 saturated carbocycles. The molecule has 62 valence electrons. The van der Waals surface area contributed by atoms with Gasteiger partial charge >= 0.3 is 0 Å². The maximum Gasteiger partial charge on any atom is 0.0627 e. The molecule has 0 unspecified atom stereocenters. The van der Waals surface area contributed by atoms with Gasteiger partial charge in [-0.15, -0.1) is 0 Å². The van der Waals surface area contributed by atoms with Crippen molar-refractivity contribution in [1.82, 2.24) is 0 Å². The maximum atomic E-state index is 8.50. The summed E-state index contributed by atoms with van der Waals surface area (Å²) in [5, 5.41) is 8.50. The van der Waals surface area contributed by atoms with E-state index in [2.05, 4.69) is 13.0 Å². The van der Waals surface area contributed by atoms with Gasteiger partial charge < -0.3 is 4.74 Å². The van der Waals surface area contributed by atoms with E-state index >= 15 is 0 Å². The second-order valence-electron chi connectivity index (χ2n) is 3.88. The van der Waals surface area contributed by atoms with Crippen molar-refractivity contribution in [3.63, 3.8) is 0 Å². The van der Waals surface area contributed by atoms with Crippen molar-refractivity contribution in [1.29, 1.82) is 5.26 Å².